The standard InChI is InChI=1S/C31H36O5/c1-5-33-30(32)21-35-29-19-27(36-26-15-11-24(12-16-26)23-7-6-8-23)17-18-28(29)34-20-22-9-13-25(14-10-22)31(2,3)4/h9-19,23H,5-8,20-21H2,1-4H3. The fourth-order valence-electron chi connectivity index (χ4n) is 4.07. The fraction of sp³-hybridized carbons (Fsp3) is 0.387. The third kappa shape index (κ3) is 6.81. The second-order valence-corrected chi connectivity index (χ2v) is 10.2. The van der Waals surface area contributed by atoms with Crippen LogP contribution in [0.5, 0.6) is 23.0 Å². The largest absolute Gasteiger partial charge is 0.485 e. The lowest BCUT2D eigenvalue weighted by molar-refractivity contribution is -0.145. The van der Waals surface area contributed by atoms with E-state index in [1.807, 2.05) is 24.3 Å². The van der Waals surface area contributed by atoms with E-state index in [9.17, 15) is 4.79 Å². The van der Waals surface area contributed by atoms with Crippen molar-refractivity contribution in [3.05, 3.63) is 83.4 Å². The van der Waals surface area contributed by atoms with Gasteiger partial charge in [0.15, 0.2) is 18.1 Å². The molecule has 0 unspecified atom stereocenters. The molecule has 0 amide bonds. The highest BCUT2D eigenvalue weighted by Gasteiger charge is 2.19. The highest BCUT2D eigenvalue weighted by molar-refractivity contribution is 5.71. The molecule has 0 spiro atoms. The van der Waals surface area contributed by atoms with Crippen molar-refractivity contribution in [3.8, 4) is 23.0 Å². The van der Waals surface area contributed by atoms with Gasteiger partial charge in [0.05, 0.1) is 6.61 Å². The Morgan fingerprint density at radius 2 is 1.56 bits per heavy atom. The lowest BCUT2D eigenvalue weighted by Crippen LogP contribution is -2.15. The number of hydrogen-bond donors (Lipinski definition) is 0. The molecule has 5 nitrogen and oxygen atoms in total. The zero-order valence-electron chi connectivity index (χ0n) is 21.7. The Balaban J connectivity index is 1.46. The SMILES string of the molecule is CCOC(=O)COc1cc(Oc2ccc(C3CCC3)cc2)ccc1OCc1ccc(C(C)(C)C)cc1. The van der Waals surface area contributed by atoms with Gasteiger partial charge in [0.2, 0.25) is 0 Å². The van der Waals surface area contributed by atoms with Gasteiger partial charge in [-0.05, 0) is 72.1 Å². The van der Waals surface area contributed by atoms with Crippen molar-refractivity contribution < 1.29 is 23.7 Å². The minimum Gasteiger partial charge on any atom is -0.485 e. The zero-order valence-corrected chi connectivity index (χ0v) is 21.7. The summed E-state index contributed by atoms with van der Waals surface area (Å²) in [4.78, 5) is 11.9. The molecular formula is C31H36O5. The average molecular weight is 489 g/mol. The van der Waals surface area contributed by atoms with Gasteiger partial charge in [-0.2, -0.15) is 0 Å². The Morgan fingerprint density at radius 3 is 2.17 bits per heavy atom. The number of esters is 1. The van der Waals surface area contributed by atoms with Crippen LogP contribution in [0.15, 0.2) is 66.7 Å². The third-order valence-electron chi connectivity index (χ3n) is 6.47. The lowest BCUT2D eigenvalue weighted by Gasteiger charge is -2.25. The first-order chi connectivity index (χ1) is 17.3. The number of benzene rings is 3. The predicted octanol–water partition coefficient (Wildman–Crippen LogP) is 7.56. The van der Waals surface area contributed by atoms with E-state index < -0.39 is 5.97 Å². The Morgan fingerprint density at radius 1 is 0.861 bits per heavy atom. The van der Waals surface area contributed by atoms with Crippen LogP contribution in [0.2, 0.25) is 0 Å². The molecule has 1 aliphatic carbocycles. The number of carbonyl (C=O) groups excluding carboxylic acids is 1. The Hall–Kier alpha value is -3.47. The van der Waals surface area contributed by atoms with E-state index in [-0.39, 0.29) is 12.0 Å². The maximum atomic E-state index is 11.9. The van der Waals surface area contributed by atoms with Crippen LogP contribution in [0.1, 0.15) is 69.6 Å². The van der Waals surface area contributed by atoms with Gasteiger partial charge >= 0.3 is 5.97 Å². The number of ether oxygens (including phenoxy) is 4. The first kappa shape index (κ1) is 25.6. The number of hydrogen-bond acceptors (Lipinski definition) is 5. The van der Waals surface area contributed by atoms with Crippen molar-refractivity contribution in [1.29, 1.82) is 0 Å². The van der Waals surface area contributed by atoms with Crippen molar-refractivity contribution in [2.75, 3.05) is 13.2 Å². The predicted molar refractivity (Wildman–Crippen MR) is 141 cm³/mol. The molecule has 0 aromatic heterocycles. The summed E-state index contributed by atoms with van der Waals surface area (Å²) in [6, 6.07) is 22.1. The zero-order chi connectivity index (χ0) is 25.5. The highest BCUT2D eigenvalue weighted by atomic mass is 16.6. The van der Waals surface area contributed by atoms with Crippen LogP contribution >= 0.6 is 0 Å². The molecule has 36 heavy (non-hydrogen) atoms. The maximum Gasteiger partial charge on any atom is 0.344 e. The Labute approximate surface area is 214 Å². The Kier molecular flexibility index (Phi) is 8.19. The summed E-state index contributed by atoms with van der Waals surface area (Å²) in [7, 11) is 0. The molecule has 0 bridgehead atoms. The van der Waals surface area contributed by atoms with Crippen LogP contribution in [0.4, 0.5) is 0 Å². The molecule has 0 heterocycles. The quantitative estimate of drug-likeness (QED) is 0.276. The molecule has 0 radical (unpaired) electrons. The molecule has 0 aliphatic heterocycles. The van der Waals surface area contributed by atoms with Crippen molar-refractivity contribution in [1.82, 2.24) is 0 Å². The summed E-state index contributed by atoms with van der Waals surface area (Å²) < 4.78 is 22.9. The maximum absolute atomic E-state index is 11.9. The molecule has 1 fully saturated rings. The number of rotatable bonds is 10. The van der Waals surface area contributed by atoms with Crippen LogP contribution in [-0.4, -0.2) is 19.2 Å². The van der Waals surface area contributed by atoms with Gasteiger partial charge in [0, 0.05) is 6.07 Å². The molecule has 1 saturated carbocycles. The van der Waals surface area contributed by atoms with Gasteiger partial charge in [-0.15, -0.1) is 0 Å². The summed E-state index contributed by atoms with van der Waals surface area (Å²) in [5, 5.41) is 0. The molecule has 3 aromatic rings. The summed E-state index contributed by atoms with van der Waals surface area (Å²) in [5.74, 6) is 2.57. The summed E-state index contributed by atoms with van der Waals surface area (Å²) in [5.41, 5.74) is 3.78. The number of carbonyl (C=O) groups is 1. The first-order valence-corrected chi connectivity index (χ1v) is 12.7. The Bertz CT molecular complexity index is 1140. The van der Waals surface area contributed by atoms with Gasteiger partial charge < -0.3 is 18.9 Å². The average Bonchev–Trinajstić information content (AvgIpc) is 2.82. The molecule has 0 saturated heterocycles. The van der Waals surface area contributed by atoms with Crippen molar-refractivity contribution >= 4 is 5.97 Å². The molecule has 4 rings (SSSR count). The van der Waals surface area contributed by atoms with Crippen LogP contribution in [0, 0.1) is 0 Å². The van der Waals surface area contributed by atoms with E-state index >= 15 is 0 Å². The monoisotopic (exact) mass is 488 g/mol. The normalized spacial score (nSPS) is 13.6. The van der Waals surface area contributed by atoms with Gasteiger partial charge in [-0.1, -0.05) is 63.6 Å². The molecule has 3 aromatic carbocycles. The van der Waals surface area contributed by atoms with Crippen LogP contribution in [0.25, 0.3) is 0 Å². The summed E-state index contributed by atoms with van der Waals surface area (Å²) in [6.45, 7) is 8.82. The van der Waals surface area contributed by atoms with Crippen molar-refractivity contribution in [3.63, 3.8) is 0 Å². The van der Waals surface area contributed by atoms with Gasteiger partial charge in [-0.25, -0.2) is 4.79 Å². The summed E-state index contributed by atoms with van der Waals surface area (Å²) in [6.07, 6.45) is 3.85. The van der Waals surface area contributed by atoms with E-state index in [0.717, 1.165) is 11.3 Å². The minimum atomic E-state index is -0.431. The molecule has 190 valence electrons. The van der Waals surface area contributed by atoms with Crippen LogP contribution in [0.3, 0.4) is 0 Å². The van der Waals surface area contributed by atoms with Crippen molar-refractivity contribution in [2.24, 2.45) is 0 Å². The highest BCUT2D eigenvalue weighted by Crippen LogP contribution is 2.38. The van der Waals surface area contributed by atoms with Gasteiger partial charge in [0.25, 0.3) is 0 Å². The van der Waals surface area contributed by atoms with E-state index in [2.05, 4.69) is 57.2 Å². The topological polar surface area (TPSA) is 54.0 Å². The van der Waals surface area contributed by atoms with Crippen LogP contribution in [-0.2, 0) is 21.6 Å². The summed E-state index contributed by atoms with van der Waals surface area (Å²) >= 11 is 0. The van der Waals surface area contributed by atoms with E-state index in [4.69, 9.17) is 18.9 Å². The molecule has 0 atom stereocenters. The molecular weight excluding hydrogens is 452 g/mol. The van der Waals surface area contributed by atoms with Crippen LogP contribution < -0.4 is 14.2 Å². The second kappa shape index (κ2) is 11.5. The molecule has 1 aliphatic rings. The van der Waals surface area contributed by atoms with E-state index in [1.165, 1.54) is 30.4 Å². The smallest absolute Gasteiger partial charge is 0.344 e. The van der Waals surface area contributed by atoms with E-state index in [0.29, 0.717) is 36.4 Å². The third-order valence-corrected chi connectivity index (χ3v) is 6.47. The van der Waals surface area contributed by atoms with Crippen molar-refractivity contribution in [2.45, 2.75) is 64.9 Å². The second-order valence-electron chi connectivity index (χ2n) is 10.2. The van der Waals surface area contributed by atoms with Gasteiger partial charge in [0.1, 0.15) is 18.1 Å². The molecule has 0 N–H and O–H groups in total. The lowest BCUT2D eigenvalue weighted by atomic mass is 9.80. The minimum absolute atomic E-state index is 0.0981. The fourth-order valence-corrected chi connectivity index (χ4v) is 4.07. The van der Waals surface area contributed by atoms with Gasteiger partial charge in [-0.3, -0.25) is 0 Å². The molecule has 5 heteroatoms. The first-order valence-electron chi connectivity index (χ1n) is 12.7. The van der Waals surface area contributed by atoms with E-state index in [1.54, 1.807) is 13.0 Å².